The van der Waals surface area contributed by atoms with Gasteiger partial charge in [-0.15, -0.1) is 0 Å². The van der Waals surface area contributed by atoms with Crippen molar-refractivity contribution in [1.29, 1.82) is 0 Å². The van der Waals surface area contributed by atoms with E-state index in [4.69, 9.17) is 48.7 Å². The van der Waals surface area contributed by atoms with Gasteiger partial charge >= 0.3 is 22.4 Å². The van der Waals surface area contributed by atoms with Crippen LogP contribution in [-0.2, 0) is 26.6 Å². The van der Waals surface area contributed by atoms with Crippen molar-refractivity contribution < 1.29 is 26.6 Å². The molecular formula is C6H18Cl2O6Si3. The van der Waals surface area contributed by atoms with Crippen LogP contribution in [0.4, 0.5) is 0 Å². The van der Waals surface area contributed by atoms with Gasteiger partial charge in [0.1, 0.15) is 0 Å². The first-order valence-corrected chi connectivity index (χ1v) is 14.0. The third-order valence-electron chi connectivity index (χ3n) is 2.41. The summed E-state index contributed by atoms with van der Waals surface area (Å²) < 4.78 is 32.0. The average Bonchev–Trinajstić information content (AvgIpc) is 2.39. The molecule has 0 aromatic carbocycles. The van der Waals surface area contributed by atoms with Crippen molar-refractivity contribution in [2.24, 2.45) is 0 Å². The summed E-state index contributed by atoms with van der Waals surface area (Å²) in [4.78, 5) is 0. The second-order valence-electron chi connectivity index (χ2n) is 2.91. The Morgan fingerprint density at radius 2 is 0.765 bits per heavy atom. The number of rotatable bonds is 8. The van der Waals surface area contributed by atoms with E-state index < -0.39 is 22.4 Å². The molecule has 11 heteroatoms. The highest BCUT2D eigenvalue weighted by Crippen LogP contribution is 2.36. The molecule has 0 N–H and O–H groups in total. The maximum Gasteiger partial charge on any atom is 0.488 e. The van der Waals surface area contributed by atoms with Crippen LogP contribution < -0.4 is 0 Å². The molecule has 0 bridgehead atoms. The minimum absolute atomic E-state index is 1.42. The predicted octanol–water partition coefficient (Wildman–Crippen LogP) is 0.819. The van der Waals surface area contributed by atoms with Gasteiger partial charge in [-0.25, -0.2) is 0 Å². The van der Waals surface area contributed by atoms with Crippen molar-refractivity contribution in [3.8, 4) is 0 Å². The molecule has 0 aliphatic carbocycles. The lowest BCUT2D eigenvalue weighted by Gasteiger charge is -2.41. The van der Waals surface area contributed by atoms with Crippen molar-refractivity contribution in [3.05, 3.63) is 0 Å². The highest BCUT2D eigenvalue weighted by atomic mass is 35.6. The monoisotopic (exact) mass is 340 g/mol. The summed E-state index contributed by atoms with van der Waals surface area (Å²) in [6, 6.07) is 0. The Hall–Kier alpha value is 0.991. The van der Waals surface area contributed by atoms with Gasteiger partial charge in [0, 0.05) is 42.7 Å². The van der Waals surface area contributed by atoms with Gasteiger partial charge in [-0.3, -0.25) is 0 Å². The lowest BCUT2D eigenvalue weighted by Crippen LogP contribution is -2.80. The van der Waals surface area contributed by atoms with Crippen molar-refractivity contribution in [2.45, 2.75) is 0 Å². The summed E-state index contributed by atoms with van der Waals surface area (Å²) in [6.45, 7) is 0. The molecule has 104 valence electrons. The van der Waals surface area contributed by atoms with E-state index in [0.29, 0.717) is 0 Å². The Kier molecular flexibility index (Phi) is 7.36. The van der Waals surface area contributed by atoms with Crippen LogP contribution in [0.1, 0.15) is 0 Å². The van der Waals surface area contributed by atoms with E-state index in [9.17, 15) is 0 Å². The van der Waals surface area contributed by atoms with E-state index >= 15 is 0 Å². The first-order valence-electron chi connectivity index (χ1n) is 4.55. The molecule has 0 heterocycles. The van der Waals surface area contributed by atoms with Crippen LogP contribution in [0.25, 0.3) is 0 Å². The quantitative estimate of drug-likeness (QED) is 0.481. The zero-order valence-electron chi connectivity index (χ0n) is 10.7. The molecule has 0 amide bonds. The van der Waals surface area contributed by atoms with Crippen LogP contribution in [-0.4, -0.2) is 65.0 Å². The Labute approximate surface area is 114 Å². The molecule has 0 saturated heterocycles. The van der Waals surface area contributed by atoms with Crippen LogP contribution in [0.15, 0.2) is 0 Å². The molecule has 0 aliphatic rings. The number of halogens is 2. The van der Waals surface area contributed by atoms with E-state index in [-0.39, 0.29) is 0 Å². The normalized spacial score (nSPS) is 14.1. The average molecular weight is 341 g/mol. The first kappa shape index (κ1) is 18.0. The summed E-state index contributed by atoms with van der Waals surface area (Å²) in [7, 11) is -1.42. The Morgan fingerprint density at radius 3 is 0.882 bits per heavy atom. The molecule has 0 rings (SSSR count). The van der Waals surface area contributed by atoms with E-state index in [2.05, 4.69) is 0 Å². The first-order chi connectivity index (χ1) is 7.86. The van der Waals surface area contributed by atoms with Crippen molar-refractivity contribution in [3.63, 3.8) is 0 Å². The summed E-state index contributed by atoms with van der Waals surface area (Å²) in [5.41, 5.74) is 0. The van der Waals surface area contributed by atoms with Crippen molar-refractivity contribution in [2.75, 3.05) is 42.7 Å². The molecule has 0 aromatic heterocycles. The van der Waals surface area contributed by atoms with Crippen molar-refractivity contribution >= 4 is 44.5 Å². The lowest BCUT2D eigenvalue weighted by molar-refractivity contribution is 0.200. The van der Waals surface area contributed by atoms with Gasteiger partial charge in [-0.2, -0.15) is 0 Å². The Balaban J connectivity index is 5.73. The SMILES string of the molecule is CO[Si](Cl)(OC)[Si](OC)(OC)[Si](Cl)(OC)OC. The maximum atomic E-state index is 6.37. The second kappa shape index (κ2) is 6.96. The summed E-state index contributed by atoms with van der Waals surface area (Å²) in [5.74, 6) is 0. The molecule has 0 aliphatic heterocycles. The van der Waals surface area contributed by atoms with Gasteiger partial charge in [0.05, 0.1) is 0 Å². The maximum absolute atomic E-state index is 6.37. The second-order valence-corrected chi connectivity index (χ2v) is 23.0. The van der Waals surface area contributed by atoms with Crippen LogP contribution in [0.2, 0.25) is 0 Å². The number of hydrogen-bond acceptors (Lipinski definition) is 6. The topological polar surface area (TPSA) is 55.4 Å². The molecular weight excluding hydrogens is 323 g/mol. The Morgan fingerprint density at radius 1 is 0.529 bits per heavy atom. The molecule has 0 saturated carbocycles. The van der Waals surface area contributed by atoms with Gasteiger partial charge in [-0.1, -0.05) is 22.2 Å². The number of hydrogen-bond donors (Lipinski definition) is 0. The van der Waals surface area contributed by atoms with Crippen LogP contribution in [0, 0.1) is 0 Å². The smallest absolute Gasteiger partial charge is 0.394 e. The molecule has 0 fully saturated rings. The fraction of sp³-hybridized carbons (Fsp3) is 1.00. The van der Waals surface area contributed by atoms with Gasteiger partial charge in [0.25, 0.3) is 0 Å². The standard InChI is InChI=1S/C6H18Cl2O6Si3/c1-9-15(7,10-2)17(13-5,14-6)16(8,11-3)12-4/h1-6H3. The van der Waals surface area contributed by atoms with Crippen LogP contribution in [0.5, 0.6) is 0 Å². The largest absolute Gasteiger partial charge is 0.488 e. The lowest BCUT2D eigenvalue weighted by atomic mass is 11.8. The molecule has 0 atom stereocenters. The van der Waals surface area contributed by atoms with E-state index in [1.807, 2.05) is 0 Å². The Bertz CT molecular complexity index is 214. The van der Waals surface area contributed by atoms with Gasteiger partial charge in [-0.05, 0) is 0 Å². The van der Waals surface area contributed by atoms with E-state index in [1.54, 1.807) is 0 Å². The molecule has 17 heavy (non-hydrogen) atoms. The van der Waals surface area contributed by atoms with Crippen molar-refractivity contribution in [1.82, 2.24) is 0 Å². The van der Waals surface area contributed by atoms with Gasteiger partial charge in [0.15, 0.2) is 0 Å². The summed E-state index contributed by atoms with van der Waals surface area (Å²) in [6.07, 6.45) is 0. The molecule has 6 nitrogen and oxygen atoms in total. The molecule has 0 unspecified atom stereocenters. The highest BCUT2D eigenvalue weighted by molar-refractivity contribution is 7.77. The molecule has 0 spiro atoms. The van der Waals surface area contributed by atoms with Crippen LogP contribution >= 0.6 is 22.2 Å². The molecule has 0 radical (unpaired) electrons. The predicted molar refractivity (Wildman–Crippen MR) is 71.0 cm³/mol. The zero-order valence-corrected chi connectivity index (χ0v) is 15.2. The van der Waals surface area contributed by atoms with E-state index in [0.717, 1.165) is 0 Å². The summed E-state index contributed by atoms with van der Waals surface area (Å²) in [5, 5.41) is 0. The van der Waals surface area contributed by atoms with Gasteiger partial charge < -0.3 is 26.6 Å². The summed E-state index contributed by atoms with van der Waals surface area (Å²) >= 11 is 12.7. The fourth-order valence-electron chi connectivity index (χ4n) is 1.45. The highest BCUT2D eigenvalue weighted by Gasteiger charge is 2.79. The minimum Gasteiger partial charge on any atom is -0.394 e. The molecule has 0 aromatic rings. The van der Waals surface area contributed by atoms with Crippen LogP contribution in [0.3, 0.4) is 0 Å². The minimum atomic E-state index is -3.33. The fourth-order valence-corrected chi connectivity index (χ4v) is 29.3. The third kappa shape index (κ3) is 2.79. The zero-order chi connectivity index (χ0) is 13.7. The van der Waals surface area contributed by atoms with Gasteiger partial charge in [0.2, 0.25) is 0 Å². The third-order valence-corrected chi connectivity index (χ3v) is 32.0. The van der Waals surface area contributed by atoms with E-state index in [1.165, 1.54) is 42.7 Å².